The summed E-state index contributed by atoms with van der Waals surface area (Å²) in [6.45, 7) is 3.46. The fourth-order valence-corrected chi connectivity index (χ4v) is 1.49. The summed E-state index contributed by atoms with van der Waals surface area (Å²) in [5.74, 6) is -0.808. The molecule has 0 aliphatic heterocycles. The molecule has 21 heavy (non-hydrogen) atoms. The van der Waals surface area contributed by atoms with E-state index < -0.39 is 5.97 Å². The molecule has 0 saturated heterocycles. The molecule has 1 aromatic carbocycles. The molecule has 5 nitrogen and oxygen atoms in total. The smallest absolute Gasteiger partial charge is 0.345 e. The van der Waals surface area contributed by atoms with Gasteiger partial charge in [0.15, 0.2) is 11.5 Å². The maximum Gasteiger partial charge on any atom is 0.345 e. The number of carbonyl (C=O) groups is 2. The van der Waals surface area contributed by atoms with Crippen LogP contribution in [0.3, 0.4) is 0 Å². The maximum atomic E-state index is 12.0. The highest BCUT2D eigenvalue weighted by Crippen LogP contribution is 2.28. The van der Waals surface area contributed by atoms with Crippen LogP contribution in [-0.4, -0.2) is 16.9 Å². The molecule has 0 unspecified atom stereocenters. The third-order valence-corrected chi connectivity index (χ3v) is 2.63. The fourth-order valence-electron chi connectivity index (χ4n) is 1.49. The van der Waals surface area contributed by atoms with Gasteiger partial charge in [-0.1, -0.05) is 26.0 Å². The van der Waals surface area contributed by atoms with Gasteiger partial charge in [0, 0.05) is 12.4 Å². The maximum absolute atomic E-state index is 12.0. The summed E-state index contributed by atoms with van der Waals surface area (Å²) in [5.41, 5.74) is 0.322. The minimum atomic E-state index is -0.559. The van der Waals surface area contributed by atoms with Crippen molar-refractivity contribution in [3.05, 3.63) is 54.4 Å². The second-order valence-corrected chi connectivity index (χ2v) is 4.65. The zero-order valence-corrected chi connectivity index (χ0v) is 11.8. The first-order valence-corrected chi connectivity index (χ1v) is 6.51. The number of benzene rings is 1. The number of carbonyl (C=O) groups excluding carboxylic acids is 2. The minimum Gasteiger partial charge on any atom is -0.422 e. The largest absolute Gasteiger partial charge is 0.422 e. The lowest BCUT2D eigenvalue weighted by molar-refractivity contribution is -0.137. The Labute approximate surface area is 122 Å². The van der Waals surface area contributed by atoms with Gasteiger partial charge in [-0.3, -0.25) is 9.78 Å². The molecular formula is C16H15NO4. The van der Waals surface area contributed by atoms with E-state index in [4.69, 9.17) is 9.47 Å². The van der Waals surface area contributed by atoms with Crippen molar-refractivity contribution in [2.45, 2.75) is 13.8 Å². The average Bonchev–Trinajstić information content (AvgIpc) is 2.50. The van der Waals surface area contributed by atoms with Crippen LogP contribution in [0.5, 0.6) is 11.5 Å². The number of para-hydroxylation sites is 2. The van der Waals surface area contributed by atoms with Crippen LogP contribution in [0.15, 0.2) is 48.8 Å². The van der Waals surface area contributed by atoms with Crippen molar-refractivity contribution in [3.8, 4) is 11.5 Å². The number of ether oxygens (including phenoxy) is 2. The average molecular weight is 285 g/mol. The van der Waals surface area contributed by atoms with Crippen LogP contribution in [0.2, 0.25) is 0 Å². The van der Waals surface area contributed by atoms with E-state index in [0.29, 0.717) is 5.56 Å². The summed E-state index contributed by atoms with van der Waals surface area (Å²) < 4.78 is 10.5. The molecule has 0 fully saturated rings. The Bertz CT molecular complexity index is 638. The Morgan fingerprint density at radius 2 is 1.67 bits per heavy atom. The molecule has 0 N–H and O–H groups in total. The van der Waals surface area contributed by atoms with Gasteiger partial charge in [0.1, 0.15) is 0 Å². The minimum absolute atomic E-state index is 0.195. The van der Waals surface area contributed by atoms with Crippen LogP contribution in [0.25, 0.3) is 0 Å². The Morgan fingerprint density at radius 3 is 2.24 bits per heavy atom. The van der Waals surface area contributed by atoms with E-state index in [-0.39, 0.29) is 23.4 Å². The van der Waals surface area contributed by atoms with Gasteiger partial charge in [0.2, 0.25) is 0 Å². The van der Waals surface area contributed by atoms with Crippen LogP contribution in [-0.2, 0) is 4.79 Å². The molecule has 2 rings (SSSR count). The molecule has 0 bridgehead atoms. The summed E-state index contributed by atoms with van der Waals surface area (Å²) in [4.78, 5) is 27.5. The van der Waals surface area contributed by atoms with Gasteiger partial charge in [-0.25, -0.2) is 4.79 Å². The van der Waals surface area contributed by atoms with Crippen molar-refractivity contribution >= 4 is 11.9 Å². The van der Waals surface area contributed by atoms with Crippen LogP contribution in [0, 0.1) is 5.92 Å². The Balaban J connectivity index is 2.17. The summed E-state index contributed by atoms with van der Waals surface area (Å²) in [6, 6.07) is 9.77. The third kappa shape index (κ3) is 3.89. The standard InChI is InChI=1S/C16H15NO4/c1-11(2)15(18)20-13-7-3-4-8-14(13)21-16(19)12-6-5-9-17-10-12/h3-11H,1-2H3. The summed E-state index contributed by atoms with van der Waals surface area (Å²) in [6.07, 6.45) is 2.97. The Hall–Kier alpha value is -2.69. The quantitative estimate of drug-likeness (QED) is 0.638. The highest BCUT2D eigenvalue weighted by Gasteiger charge is 2.16. The highest BCUT2D eigenvalue weighted by atomic mass is 16.6. The predicted molar refractivity (Wildman–Crippen MR) is 76.1 cm³/mol. The summed E-state index contributed by atoms with van der Waals surface area (Å²) in [7, 11) is 0. The van der Waals surface area contributed by atoms with Gasteiger partial charge in [0.25, 0.3) is 0 Å². The second kappa shape index (κ2) is 6.65. The number of nitrogens with zero attached hydrogens (tertiary/aromatic N) is 1. The Morgan fingerprint density at radius 1 is 1.00 bits per heavy atom. The van der Waals surface area contributed by atoms with E-state index in [1.54, 1.807) is 56.4 Å². The van der Waals surface area contributed by atoms with Crippen molar-refractivity contribution in [1.29, 1.82) is 0 Å². The molecule has 108 valence electrons. The van der Waals surface area contributed by atoms with Crippen molar-refractivity contribution in [2.75, 3.05) is 0 Å². The zero-order valence-electron chi connectivity index (χ0n) is 11.8. The molecule has 2 aromatic rings. The second-order valence-electron chi connectivity index (χ2n) is 4.65. The molecule has 0 aliphatic rings. The van der Waals surface area contributed by atoms with E-state index in [9.17, 15) is 9.59 Å². The van der Waals surface area contributed by atoms with Gasteiger partial charge in [-0.2, -0.15) is 0 Å². The molecule has 0 spiro atoms. The number of aromatic nitrogens is 1. The first-order valence-electron chi connectivity index (χ1n) is 6.51. The van der Waals surface area contributed by atoms with E-state index in [1.165, 1.54) is 6.20 Å². The van der Waals surface area contributed by atoms with Gasteiger partial charge >= 0.3 is 11.9 Å². The van der Waals surface area contributed by atoms with Crippen molar-refractivity contribution < 1.29 is 19.1 Å². The number of hydrogen-bond donors (Lipinski definition) is 0. The number of pyridine rings is 1. The first kappa shape index (κ1) is 14.7. The number of hydrogen-bond acceptors (Lipinski definition) is 5. The van der Waals surface area contributed by atoms with Crippen LogP contribution in [0.4, 0.5) is 0 Å². The number of esters is 2. The molecule has 1 aromatic heterocycles. The SMILES string of the molecule is CC(C)C(=O)Oc1ccccc1OC(=O)c1cccnc1. The fraction of sp³-hybridized carbons (Fsp3) is 0.188. The molecule has 0 amide bonds. The summed E-state index contributed by atoms with van der Waals surface area (Å²) >= 11 is 0. The lowest BCUT2D eigenvalue weighted by Gasteiger charge is -2.11. The van der Waals surface area contributed by atoms with Crippen LogP contribution >= 0.6 is 0 Å². The molecule has 0 aliphatic carbocycles. The van der Waals surface area contributed by atoms with Crippen LogP contribution < -0.4 is 9.47 Å². The molecule has 5 heteroatoms. The lowest BCUT2D eigenvalue weighted by Crippen LogP contribution is -2.16. The predicted octanol–water partition coefficient (Wildman–Crippen LogP) is 2.86. The molecule has 0 saturated carbocycles. The first-order chi connectivity index (χ1) is 10.1. The van der Waals surface area contributed by atoms with Gasteiger partial charge in [-0.15, -0.1) is 0 Å². The van der Waals surface area contributed by atoms with Gasteiger partial charge in [-0.05, 0) is 24.3 Å². The van der Waals surface area contributed by atoms with Crippen molar-refractivity contribution in [3.63, 3.8) is 0 Å². The van der Waals surface area contributed by atoms with E-state index in [1.807, 2.05) is 0 Å². The normalized spacial score (nSPS) is 10.2. The molecule has 0 radical (unpaired) electrons. The monoisotopic (exact) mass is 285 g/mol. The van der Waals surface area contributed by atoms with Gasteiger partial charge in [0.05, 0.1) is 11.5 Å². The van der Waals surface area contributed by atoms with E-state index in [2.05, 4.69) is 4.98 Å². The molecular weight excluding hydrogens is 270 g/mol. The topological polar surface area (TPSA) is 65.5 Å². The van der Waals surface area contributed by atoms with E-state index >= 15 is 0 Å². The molecule has 1 heterocycles. The zero-order chi connectivity index (χ0) is 15.2. The van der Waals surface area contributed by atoms with Gasteiger partial charge < -0.3 is 9.47 Å². The molecule has 0 atom stereocenters. The lowest BCUT2D eigenvalue weighted by atomic mass is 10.2. The van der Waals surface area contributed by atoms with Crippen molar-refractivity contribution in [1.82, 2.24) is 4.98 Å². The van der Waals surface area contributed by atoms with E-state index in [0.717, 1.165) is 0 Å². The highest BCUT2D eigenvalue weighted by molar-refractivity contribution is 5.91. The number of rotatable bonds is 4. The van der Waals surface area contributed by atoms with Crippen molar-refractivity contribution in [2.24, 2.45) is 5.92 Å². The Kier molecular flexibility index (Phi) is 4.66. The summed E-state index contributed by atoms with van der Waals surface area (Å²) in [5, 5.41) is 0. The van der Waals surface area contributed by atoms with Crippen LogP contribution in [0.1, 0.15) is 24.2 Å². The third-order valence-electron chi connectivity index (χ3n) is 2.63.